The number of rotatable bonds is 3. The number of halogens is 2. The Morgan fingerprint density at radius 3 is 2.41 bits per heavy atom. The van der Waals surface area contributed by atoms with Gasteiger partial charge in [-0.1, -0.05) is 48.0 Å². The molecule has 0 spiro atoms. The Bertz CT molecular complexity index is 1300. The van der Waals surface area contributed by atoms with Crippen LogP contribution in [0.4, 0.5) is 11.4 Å². The van der Waals surface area contributed by atoms with Crippen molar-refractivity contribution in [2.24, 2.45) is 4.99 Å². The third kappa shape index (κ3) is 4.57. The zero-order valence-electron chi connectivity index (χ0n) is 19.1. The van der Waals surface area contributed by atoms with Gasteiger partial charge in [0.2, 0.25) is 0 Å². The molecule has 0 bridgehead atoms. The number of anilines is 1. The van der Waals surface area contributed by atoms with Crippen molar-refractivity contribution in [3.8, 4) is 0 Å². The molecule has 5 rings (SSSR count). The number of hydrogen-bond acceptors (Lipinski definition) is 4. The summed E-state index contributed by atoms with van der Waals surface area (Å²) < 4.78 is 0. The maximum absolute atomic E-state index is 13.4. The summed E-state index contributed by atoms with van der Waals surface area (Å²) in [5, 5.41) is 1.44. The fourth-order valence-corrected chi connectivity index (χ4v) is 5.83. The number of benzene rings is 3. The van der Waals surface area contributed by atoms with Crippen molar-refractivity contribution in [3.63, 3.8) is 0 Å². The van der Waals surface area contributed by atoms with Crippen molar-refractivity contribution in [2.75, 3.05) is 31.1 Å². The number of aliphatic imine (C=N–C) groups is 1. The zero-order chi connectivity index (χ0) is 23.8. The predicted octanol–water partition coefficient (Wildman–Crippen LogP) is 7.26. The summed E-state index contributed by atoms with van der Waals surface area (Å²) in [5.74, 6) is 0.0494. The van der Waals surface area contributed by atoms with Crippen LogP contribution in [0.15, 0.2) is 69.4 Å². The van der Waals surface area contributed by atoms with Crippen LogP contribution >= 0.6 is 35.0 Å². The quantitative estimate of drug-likeness (QED) is 0.372. The third-order valence-corrected chi connectivity index (χ3v) is 7.96. The van der Waals surface area contributed by atoms with E-state index < -0.39 is 0 Å². The van der Waals surface area contributed by atoms with Crippen molar-refractivity contribution < 1.29 is 4.79 Å². The van der Waals surface area contributed by atoms with Crippen LogP contribution in [0.2, 0.25) is 10.0 Å². The Hall–Kier alpha value is -2.47. The van der Waals surface area contributed by atoms with Crippen LogP contribution in [0.25, 0.3) is 0 Å². The average Bonchev–Trinajstić information content (AvgIpc) is 3.01. The first kappa shape index (κ1) is 23.3. The van der Waals surface area contributed by atoms with E-state index >= 15 is 0 Å². The molecule has 1 saturated heterocycles. The van der Waals surface area contributed by atoms with Crippen molar-refractivity contribution in [2.45, 2.75) is 30.1 Å². The molecular formula is C27H25Cl2N3OS. The summed E-state index contributed by atoms with van der Waals surface area (Å²) in [7, 11) is 0. The molecule has 174 valence electrons. The molecule has 3 aromatic carbocycles. The smallest absolute Gasteiger partial charge is 0.254 e. The Labute approximate surface area is 214 Å². The molecule has 0 aromatic heterocycles. The van der Waals surface area contributed by atoms with Crippen LogP contribution in [0.5, 0.6) is 0 Å². The monoisotopic (exact) mass is 509 g/mol. The lowest BCUT2D eigenvalue weighted by atomic mass is 10.1. The zero-order valence-corrected chi connectivity index (χ0v) is 21.5. The number of fused-ring (bicyclic) bond motifs is 2. The van der Waals surface area contributed by atoms with Gasteiger partial charge in [-0.25, -0.2) is 0 Å². The van der Waals surface area contributed by atoms with E-state index in [4.69, 9.17) is 28.2 Å². The second-order valence-corrected chi connectivity index (χ2v) is 10.5. The molecule has 2 aliphatic rings. The number of hydrogen-bond donors (Lipinski definition) is 0. The molecule has 0 aliphatic carbocycles. The molecule has 0 saturated carbocycles. The van der Waals surface area contributed by atoms with Crippen molar-refractivity contribution in [3.05, 3.63) is 81.3 Å². The first-order valence-electron chi connectivity index (χ1n) is 11.4. The van der Waals surface area contributed by atoms with Gasteiger partial charge in [-0.15, -0.1) is 0 Å². The van der Waals surface area contributed by atoms with E-state index in [1.807, 2.05) is 59.5 Å². The van der Waals surface area contributed by atoms with Gasteiger partial charge in [0.15, 0.2) is 0 Å². The van der Waals surface area contributed by atoms with E-state index in [-0.39, 0.29) is 5.91 Å². The van der Waals surface area contributed by atoms with Crippen LogP contribution < -0.4 is 4.90 Å². The topological polar surface area (TPSA) is 35.9 Å². The van der Waals surface area contributed by atoms with Gasteiger partial charge in [0.25, 0.3) is 5.91 Å². The highest BCUT2D eigenvalue weighted by atomic mass is 35.5. The van der Waals surface area contributed by atoms with Gasteiger partial charge in [0, 0.05) is 68.5 Å². The van der Waals surface area contributed by atoms with Gasteiger partial charge in [-0.3, -0.25) is 9.79 Å². The van der Waals surface area contributed by atoms with E-state index in [1.165, 1.54) is 5.56 Å². The lowest BCUT2D eigenvalue weighted by Gasteiger charge is -2.37. The fraction of sp³-hybridized carbons (Fsp3) is 0.259. The van der Waals surface area contributed by atoms with Crippen molar-refractivity contribution in [1.82, 2.24) is 4.90 Å². The lowest BCUT2D eigenvalue weighted by Crippen LogP contribution is -2.49. The molecule has 2 heterocycles. The highest BCUT2D eigenvalue weighted by molar-refractivity contribution is 7.99. The molecule has 1 amide bonds. The normalized spacial score (nSPS) is 15.4. The molecule has 1 fully saturated rings. The van der Waals surface area contributed by atoms with E-state index in [0.29, 0.717) is 23.7 Å². The number of piperazine rings is 1. The molecule has 7 heteroatoms. The summed E-state index contributed by atoms with van der Waals surface area (Å²) >= 11 is 14.1. The number of carbonyl (C=O) groups excluding carboxylic acids is 1. The largest absolute Gasteiger partial charge is 0.368 e. The summed E-state index contributed by atoms with van der Waals surface area (Å²) in [6.45, 7) is 7.08. The van der Waals surface area contributed by atoms with Gasteiger partial charge < -0.3 is 9.80 Å². The van der Waals surface area contributed by atoms with E-state index in [0.717, 1.165) is 57.0 Å². The van der Waals surface area contributed by atoms with Crippen LogP contribution in [0.3, 0.4) is 0 Å². The average molecular weight is 510 g/mol. The molecule has 0 unspecified atom stereocenters. The maximum atomic E-state index is 13.4. The summed E-state index contributed by atoms with van der Waals surface area (Å²) in [4.78, 5) is 24.7. The van der Waals surface area contributed by atoms with Crippen LogP contribution in [0, 0.1) is 6.92 Å². The molecule has 0 atom stereocenters. The number of nitrogens with zero attached hydrogens (tertiary/aromatic N) is 3. The first-order valence-corrected chi connectivity index (χ1v) is 13.0. The second-order valence-electron chi connectivity index (χ2n) is 8.55. The fourth-order valence-electron chi connectivity index (χ4n) is 4.49. The highest BCUT2D eigenvalue weighted by Gasteiger charge is 2.25. The molecule has 3 aromatic rings. The molecule has 0 radical (unpaired) electrons. The van der Waals surface area contributed by atoms with Crippen LogP contribution in [0.1, 0.15) is 34.8 Å². The van der Waals surface area contributed by atoms with Crippen molar-refractivity contribution >= 4 is 58.0 Å². The minimum atomic E-state index is 0.0494. The van der Waals surface area contributed by atoms with Gasteiger partial charge in [-0.05, 0) is 67.4 Å². The Balaban J connectivity index is 1.36. The van der Waals surface area contributed by atoms with Gasteiger partial charge in [0.1, 0.15) is 0 Å². The highest BCUT2D eigenvalue weighted by Crippen LogP contribution is 2.42. The molecular weight excluding hydrogens is 485 g/mol. The summed E-state index contributed by atoms with van der Waals surface area (Å²) in [5.41, 5.74) is 5.90. The van der Waals surface area contributed by atoms with E-state index in [2.05, 4.69) is 18.7 Å². The lowest BCUT2D eigenvalue weighted by molar-refractivity contribution is 0.0746. The van der Waals surface area contributed by atoms with Gasteiger partial charge >= 0.3 is 0 Å². The van der Waals surface area contributed by atoms with Crippen molar-refractivity contribution in [1.29, 1.82) is 0 Å². The molecule has 2 aliphatic heterocycles. The standard InChI is InChI=1S/C27H25Cl2N3OS/c1-3-22-21-15-19(28)7-9-25(21)34-26-8-5-18(14-23(26)30-22)27(33)32-12-10-31(11-13-32)24-16-20(29)6-4-17(24)2/h4-9,14-16H,3,10-13H2,1-2H3. The number of carbonyl (C=O) groups is 1. The Kier molecular flexibility index (Phi) is 6.61. The Morgan fingerprint density at radius 2 is 1.65 bits per heavy atom. The summed E-state index contributed by atoms with van der Waals surface area (Å²) in [6.07, 6.45) is 0.788. The van der Waals surface area contributed by atoms with Gasteiger partial charge in [-0.2, -0.15) is 0 Å². The minimum Gasteiger partial charge on any atom is -0.368 e. The van der Waals surface area contributed by atoms with Crippen LogP contribution in [-0.4, -0.2) is 42.7 Å². The van der Waals surface area contributed by atoms with E-state index in [9.17, 15) is 4.79 Å². The Morgan fingerprint density at radius 1 is 0.941 bits per heavy atom. The van der Waals surface area contributed by atoms with E-state index in [1.54, 1.807) is 11.8 Å². The van der Waals surface area contributed by atoms with Crippen LogP contribution in [-0.2, 0) is 0 Å². The second kappa shape index (κ2) is 9.65. The maximum Gasteiger partial charge on any atom is 0.254 e. The molecule has 0 N–H and O–H groups in total. The molecule has 34 heavy (non-hydrogen) atoms. The van der Waals surface area contributed by atoms with Gasteiger partial charge in [0.05, 0.1) is 5.69 Å². The summed E-state index contributed by atoms with van der Waals surface area (Å²) in [6, 6.07) is 17.8. The SMILES string of the molecule is CCC1=Nc2cc(C(=O)N3CCN(c4cc(Cl)ccc4C)CC3)ccc2Sc2ccc(Cl)cc21. The minimum absolute atomic E-state index is 0.0494. The number of amides is 1. The predicted molar refractivity (Wildman–Crippen MR) is 143 cm³/mol. The first-order chi connectivity index (χ1) is 16.4. The third-order valence-electron chi connectivity index (χ3n) is 6.35. The molecule has 4 nitrogen and oxygen atoms in total. The number of aryl methyl sites for hydroxylation is 1.